The third kappa shape index (κ3) is 3.78. The topological polar surface area (TPSA) is 54.9 Å². The van der Waals surface area contributed by atoms with E-state index in [0.717, 1.165) is 35.8 Å². The molecule has 3 rings (SSSR count). The number of thioether (sulfide) groups is 1. The Balaban J connectivity index is 1.70. The van der Waals surface area contributed by atoms with Crippen LogP contribution in [-0.4, -0.2) is 21.9 Å². The number of nitrogens with zero attached hydrogens (tertiary/aromatic N) is 2. The fourth-order valence-electron chi connectivity index (χ4n) is 2.89. The number of nitrogens with one attached hydrogen (secondary N) is 1. The van der Waals surface area contributed by atoms with Crippen LogP contribution in [0.15, 0.2) is 21.9 Å². The molecule has 1 amide bonds. The summed E-state index contributed by atoms with van der Waals surface area (Å²) in [7, 11) is 0. The van der Waals surface area contributed by atoms with Gasteiger partial charge in [0.05, 0.1) is 5.41 Å². The van der Waals surface area contributed by atoms with E-state index in [0.29, 0.717) is 11.0 Å². The van der Waals surface area contributed by atoms with Crippen molar-refractivity contribution in [2.24, 2.45) is 5.92 Å². The second kappa shape index (κ2) is 7.32. The molecule has 23 heavy (non-hydrogen) atoms. The van der Waals surface area contributed by atoms with Crippen LogP contribution in [0.25, 0.3) is 0 Å². The van der Waals surface area contributed by atoms with Crippen LogP contribution in [0.4, 0.5) is 5.13 Å². The van der Waals surface area contributed by atoms with Gasteiger partial charge in [-0.1, -0.05) is 55.9 Å². The molecule has 124 valence electrons. The lowest BCUT2D eigenvalue weighted by Crippen LogP contribution is -2.37. The predicted octanol–water partition coefficient (Wildman–Crippen LogP) is 4.80. The van der Waals surface area contributed by atoms with Gasteiger partial charge in [0, 0.05) is 10.6 Å². The molecular formula is C16H21N3OS3. The molecule has 2 heterocycles. The van der Waals surface area contributed by atoms with E-state index in [1.54, 1.807) is 23.1 Å². The van der Waals surface area contributed by atoms with Crippen molar-refractivity contribution < 1.29 is 4.79 Å². The maximum atomic E-state index is 12.9. The van der Waals surface area contributed by atoms with Gasteiger partial charge in [-0.15, -0.1) is 21.5 Å². The highest BCUT2D eigenvalue weighted by atomic mass is 32.2. The fourth-order valence-corrected chi connectivity index (χ4v) is 5.59. The summed E-state index contributed by atoms with van der Waals surface area (Å²) in [5.74, 6) is 1.71. The lowest BCUT2D eigenvalue weighted by molar-refractivity contribution is -0.121. The first kappa shape index (κ1) is 16.9. The molecule has 0 spiro atoms. The maximum absolute atomic E-state index is 12.9. The van der Waals surface area contributed by atoms with E-state index in [1.807, 2.05) is 11.4 Å². The molecule has 2 aromatic heterocycles. The monoisotopic (exact) mass is 367 g/mol. The molecule has 7 heteroatoms. The number of aromatic nitrogens is 2. The minimum absolute atomic E-state index is 0.0778. The Labute approximate surface area is 149 Å². The van der Waals surface area contributed by atoms with Crippen molar-refractivity contribution in [2.45, 2.75) is 49.3 Å². The van der Waals surface area contributed by atoms with Crippen LogP contribution in [0.3, 0.4) is 0 Å². The number of hydrogen-bond donors (Lipinski definition) is 1. The molecule has 0 saturated heterocycles. The lowest BCUT2D eigenvalue weighted by Gasteiger charge is -2.25. The third-order valence-corrected chi connectivity index (χ3v) is 7.52. The Bertz CT molecular complexity index is 645. The number of hydrogen-bond acceptors (Lipinski definition) is 6. The van der Waals surface area contributed by atoms with E-state index < -0.39 is 0 Å². The van der Waals surface area contributed by atoms with Crippen LogP contribution in [0.1, 0.15) is 44.4 Å². The van der Waals surface area contributed by atoms with E-state index in [-0.39, 0.29) is 11.3 Å². The zero-order chi connectivity index (χ0) is 16.3. The second-order valence-corrected chi connectivity index (χ2v) is 9.49. The summed E-state index contributed by atoms with van der Waals surface area (Å²) in [5.41, 5.74) is -0.370. The van der Waals surface area contributed by atoms with Crippen molar-refractivity contribution in [1.29, 1.82) is 0 Å². The van der Waals surface area contributed by atoms with E-state index in [9.17, 15) is 4.79 Å². The van der Waals surface area contributed by atoms with Crippen molar-refractivity contribution in [3.8, 4) is 0 Å². The first-order chi connectivity index (χ1) is 11.1. The summed E-state index contributed by atoms with van der Waals surface area (Å²) in [6.07, 6.45) is 4.06. The Morgan fingerprint density at radius 2 is 2.17 bits per heavy atom. The zero-order valence-corrected chi connectivity index (χ0v) is 15.8. The number of carbonyl (C=O) groups is 1. The molecular weight excluding hydrogens is 346 g/mol. The zero-order valence-electron chi connectivity index (χ0n) is 13.4. The van der Waals surface area contributed by atoms with Gasteiger partial charge in [0.25, 0.3) is 0 Å². The Morgan fingerprint density at radius 1 is 1.39 bits per heavy atom. The van der Waals surface area contributed by atoms with Crippen LogP contribution < -0.4 is 5.32 Å². The van der Waals surface area contributed by atoms with Gasteiger partial charge in [0.1, 0.15) is 0 Å². The summed E-state index contributed by atoms with van der Waals surface area (Å²) in [5, 5.41) is 14.0. The van der Waals surface area contributed by atoms with Crippen molar-refractivity contribution >= 4 is 45.5 Å². The van der Waals surface area contributed by atoms with Crippen LogP contribution in [0.5, 0.6) is 0 Å². The van der Waals surface area contributed by atoms with Gasteiger partial charge in [-0.2, -0.15) is 0 Å². The molecule has 0 radical (unpaired) electrons. The SMILES string of the molecule is CC(C)CSc1nnc(NC(=O)C2(c3cccs3)CCCC2)s1. The van der Waals surface area contributed by atoms with E-state index >= 15 is 0 Å². The average Bonchev–Trinajstić information content (AvgIpc) is 3.26. The third-order valence-electron chi connectivity index (χ3n) is 4.05. The van der Waals surface area contributed by atoms with Gasteiger partial charge >= 0.3 is 0 Å². The summed E-state index contributed by atoms with van der Waals surface area (Å²) in [6, 6.07) is 4.11. The Kier molecular flexibility index (Phi) is 5.38. The quantitative estimate of drug-likeness (QED) is 0.589. The highest BCUT2D eigenvalue weighted by Crippen LogP contribution is 2.44. The summed E-state index contributed by atoms with van der Waals surface area (Å²) < 4.78 is 0.922. The maximum Gasteiger partial charge on any atom is 0.237 e. The van der Waals surface area contributed by atoms with E-state index in [4.69, 9.17) is 0 Å². The Hall–Kier alpha value is -0.920. The van der Waals surface area contributed by atoms with Crippen molar-refractivity contribution in [1.82, 2.24) is 10.2 Å². The van der Waals surface area contributed by atoms with Gasteiger partial charge < -0.3 is 0 Å². The molecule has 1 fully saturated rings. The Morgan fingerprint density at radius 3 is 2.83 bits per heavy atom. The molecule has 1 saturated carbocycles. The fraction of sp³-hybridized carbons (Fsp3) is 0.562. The highest BCUT2D eigenvalue weighted by molar-refractivity contribution is 8.01. The van der Waals surface area contributed by atoms with Crippen molar-refractivity contribution in [3.63, 3.8) is 0 Å². The van der Waals surface area contributed by atoms with Crippen LogP contribution in [0, 0.1) is 5.92 Å². The second-order valence-electron chi connectivity index (χ2n) is 6.30. The summed E-state index contributed by atoms with van der Waals surface area (Å²) in [4.78, 5) is 14.1. The van der Waals surface area contributed by atoms with E-state index in [2.05, 4.69) is 35.4 Å². The number of amides is 1. The minimum atomic E-state index is -0.370. The number of carbonyl (C=O) groups excluding carboxylic acids is 1. The molecule has 2 aromatic rings. The first-order valence-electron chi connectivity index (χ1n) is 7.92. The van der Waals surface area contributed by atoms with Gasteiger partial charge in [-0.25, -0.2) is 0 Å². The molecule has 1 N–H and O–H groups in total. The standard InChI is InChI=1S/C16H21N3OS3/c1-11(2)10-22-15-19-18-14(23-15)17-13(20)16(7-3-4-8-16)12-6-5-9-21-12/h5-6,9,11H,3-4,7-8,10H2,1-2H3,(H,17,18,20). The summed E-state index contributed by atoms with van der Waals surface area (Å²) >= 11 is 4.85. The molecule has 0 atom stereocenters. The van der Waals surface area contributed by atoms with E-state index in [1.165, 1.54) is 16.2 Å². The number of anilines is 1. The average molecular weight is 368 g/mol. The molecule has 0 aromatic carbocycles. The summed E-state index contributed by atoms with van der Waals surface area (Å²) in [6.45, 7) is 4.36. The largest absolute Gasteiger partial charge is 0.300 e. The molecule has 0 unspecified atom stereocenters. The lowest BCUT2D eigenvalue weighted by atomic mass is 9.83. The van der Waals surface area contributed by atoms with Crippen molar-refractivity contribution in [2.75, 3.05) is 11.1 Å². The first-order valence-corrected chi connectivity index (χ1v) is 10.6. The molecule has 1 aliphatic rings. The van der Waals surface area contributed by atoms with Crippen LogP contribution in [-0.2, 0) is 10.2 Å². The molecule has 1 aliphatic carbocycles. The van der Waals surface area contributed by atoms with Crippen molar-refractivity contribution in [3.05, 3.63) is 22.4 Å². The smallest absolute Gasteiger partial charge is 0.237 e. The van der Waals surface area contributed by atoms with Crippen LogP contribution >= 0.6 is 34.4 Å². The molecule has 0 bridgehead atoms. The van der Waals surface area contributed by atoms with Crippen LogP contribution in [0.2, 0.25) is 0 Å². The molecule has 4 nitrogen and oxygen atoms in total. The minimum Gasteiger partial charge on any atom is -0.300 e. The van der Waals surface area contributed by atoms with Gasteiger partial charge in [-0.05, 0) is 30.2 Å². The number of rotatable bonds is 6. The van der Waals surface area contributed by atoms with Gasteiger partial charge in [0.2, 0.25) is 11.0 Å². The van der Waals surface area contributed by atoms with Gasteiger partial charge in [-0.3, -0.25) is 10.1 Å². The van der Waals surface area contributed by atoms with Gasteiger partial charge in [0.15, 0.2) is 4.34 Å². The normalized spacial score (nSPS) is 16.8. The predicted molar refractivity (Wildman–Crippen MR) is 98.6 cm³/mol. The number of thiophene rings is 1. The molecule has 0 aliphatic heterocycles. The highest BCUT2D eigenvalue weighted by Gasteiger charge is 2.43.